The summed E-state index contributed by atoms with van der Waals surface area (Å²) in [4.78, 5) is 0. The van der Waals surface area contributed by atoms with Crippen LogP contribution in [0.15, 0.2) is 18.2 Å². The van der Waals surface area contributed by atoms with E-state index in [-0.39, 0.29) is 11.9 Å². The SMILES string of the molecule is COCC(Nc1cc(Cl)ccc1F)C1CC1. The lowest BCUT2D eigenvalue weighted by Gasteiger charge is -2.19. The molecule has 1 saturated carbocycles. The third-order valence-corrected chi connectivity index (χ3v) is 3.04. The van der Waals surface area contributed by atoms with Crippen molar-refractivity contribution in [1.29, 1.82) is 0 Å². The monoisotopic (exact) mass is 243 g/mol. The van der Waals surface area contributed by atoms with Crippen LogP contribution in [0.3, 0.4) is 0 Å². The zero-order chi connectivity index (χ0) is 11.5. The number of rotatable bonds is 5. The van der Waals surface area contributed by atoms with E-state index in [2.05, 4.69) is 5.32 Å². The molecule has 1 aromatic rings. The van der Waals surface area contributed by atoms with Crippen LogP contribution in [0.5, 0.6) is 0 Å². The molecule has 2 nitrogen and oxygen atoms in total. The predicted octanol–water partition coefficient (Wildman–Crippen LogP) is 3.32. The first-order valence-electron chi connectivity index (χ1n) is 5.41. The zero-order valence-corrected chi connectivity index (χ0v) is 9.93. The Bertz CT molecular complexity index is 368. The second-order valence-corrected chi connectivity index (χ2v) is 4.60. The average molecular weight is 244 g/mol. The summed E-state index contributed by atoms with van der Waals surface area (Å²) in [6.45, 7) is 0.594. The van der Waals surface area contributed by atoms with Crippen LogP contribution >= 0.6 is 11.6 Å². The van der Waals surface area contributed by atoms with Gasteiger partial charge in [0.05, 0.1) is 18.3 Å². The molecule has 1 unspecified atom stereocenters. The highest BCUT2D eigenvalue weighted by atomic mass is 35.5. The highest BCUT2D eigenvalue weighted by Crippen LogP contribution is 2.35. The Morgan fingerprint density at radius 1 is 1.56 bits per heavy atom. The standard InChI is InChI=1S/C12H15ClFNO/c1-16-7-12(8-2-3-8)15-11-6-9(13)4-5-10(11)14/h4-6,8,12,15H,2-3,7H2,1H3. The molecular weight excluding hydrogens is 229 g/mol. The van der Waals surface area contributed by atoms with Crippen LogP contribution in [0, 0.1) is 11.7 Å². The van der Waals surface area contributed by atoms with Crippen molar-refractivity contribution in [3.8, 4) is 0 Å². The summed E-state index contributed by atoms with van der Waals surface area (Å²) in [6, 6.07) is 4.71. The van der Waals surface area contributed by atoms with E-state index in [1.165, 1.54) is 18.9 Å². The molecule has 0 heterocycles. The van der Waals surface area contributed by atoms with Gasteiger partial charge in [-0.05, 0) is 37.0 Å². The van der Waals surface area contributed by atoms with Gasteiger partial charge in [0.2, 0.25) is 0 Å². The van der Waals surface area contributed by atoms with Gasteiger partial charge in [0.15, 0.2) is 0 Å². The Hall–Kier alpha value is -0.800. The van der Waals surface area contributed by atoms with Crippen LogP contribution in [0.2, 0.25) is 5.02 Å². The molecule has 1 aliphatic carbocycles. The van der Waals surface area contributed by atoms with Crippen LogP contribution in [0.1, 0.15) is 12.8 Å². The van der Waals surface area contributed by atoms with Gasteiger partial charge in [-0.15, -0.1) is 0 Å². The van der Waals surface area contributed by atoms with E-state index >= 15 is 0 Å². The number of benzene rings is 1. The van der Waals surface area contributed by atoms with Crippen molar-refractivity contribution < 1.29 is 9.13 Å². The van der Waals surface area contributed by atoms with Crippen molar-refractivity contribution in [2.24, 2.45) is 5.92 Å². The lowest BCUT2D eigenvalue weighted by atomic mass is 10.2. The number of methoxy groups -OCH3 is 1. The van der Waals surface area contributed by atoms with Crippen LogP contribution in [0.25, 0.3) is 0 Å². The van der Waals surface area contributed by atoms with E-state index in [9.17, 15) is 4.39 Å². The van der Waals surface area contributed by atoms with E-state index in [1.807, 2.05) is 0 Å². The summed E-state index contributed by atoms with van der Waals surface area (Å²) < 4.78 is 18.6. The van der Waals surface area contributed by atoms with E-state index in [0.29, 0.717) is 23.2 Å². The van der Waals surface area contributed by atoms with Gasteiger partial charge < -0.3 is 10.1 Å². The van der Waals surface area contributed by atoms with Crippen LogP contribution in [-0.2, 0) is 4.74 Å². The summed E-state index contributed by atoms with van der Waals surface area (Å²) >= 11 is 5.83. The van der Waals surface area contributed by atoms with Crippen molar-refractivity contribution in [3.63, 3.8) is 0 Å². The van der Waals surface area contributed by atoms with Crippen molar-refractivity contribution >= 4 is 17.3 Å². The van der Waals surface area contributed by atoms with E-state index < -0.39 is 0 Å². The predicted molar refractivity (Wildman–Crippen MR) is 63.4 cm³/mol. The maximum Gasteiger partial charge on any atom is 0.146 e. The first-order chi connectivity index (χ1) is 7.70. The van der Waals surface area contributed by atoms with Crippen molar-refractivity contribution in [2.45, 2.75) is 18.9 Å². The molecule has 1 aliphatic rings. The van der Waals surface area contributed by atoms with Gasteiger partial charge in [0, 0.05) is 12.1 Å². The molecule has 0 aliphatic heterocycles. The van der Waals surface area contributed by atoms with E-state index in [1.54, 1.807) is 19.2 Å². The minimum absolute atomic E-state index is 0.179. The molecule has 1 N–H and O–H groups in total. The fourth-order valence-corrected chi connectivity index (χ4v) is 1.95. The number of halogens is 2. The van der Waals surface area contributed by atoms with Gasteiger partial charge in [0.25, 0.3) is 0 Å². The molecule has 0 amide bonds. The largest absolute Gasteiger partial charge is 0.383 e. The van der Waals surface area contributed by atoms with Gasteiger partial charge >= 0.3 is 0 Å². The first-order valence-corrected chi connectivity index (χ1v) is 5.79. The molecule has 1 atom stereocenters. The molecule has 1 fully saturated rings. The molecular formula is C12H15ClFNO. The third-order valence-electron chi connectivity index (χ3n) is 2.81. The maximum atomic E-state index is 13.5. The normalized spacial score (nSPS) is 17.2. The topological polar surface area (TPSA) is 21.3 Å². The summed E-state index contributed by atoms with van der Waals surface area (Å²) in [7, 11) is 1.66. The zero-order valence-electron chi connectivity index (χ0n) is 9.17. The van der Waals surface area contributed by atoms with E-state index in [4.69, 9.17) is 16.3 Å². The summed E-state index contributed by atoms with van der Waals surface area (Å²) in [5.74, 6) is 0.324. The molecule has 88 valence electrons. The minimum Gasteiger partial charge on any atom is -0.383 e. The second-order valence-electron chi connectivity index (χ2n) is 4.17. The molecule has 16 heavy (non-hydrogen) atoms. The molecule has 2 rings (SSSR count). The number of hydrogen-bond acceptors (Lipinski definition) is 2. The number of ether oxygens (including phenoxy) is 1. The molecule has 0 aromatic heterocycles. The Morgan fingerprint density at radius 2 is 2.31 bits per heavy atom. The Balaban J connectivity index is 2.08. The van der Waals surface area contributed by atoms with Gasteiger partial charge in [-0.1, -0.05) is 11.6 Å². The van der Waals surface area contributed by atoms with Gasteiger partial charge in [-0.2, -0.15) is 0 Å². The fraction of sp³-hybridized carbons (Fsp3) is 0.500. The van der Waals surface area contributed by atoms with Crippen molar-refractivity contribution in [3.05, 3.63) is 29.0 Å². The molecule has 0 spiro atoms. The second kappa shape index (κ2) is 5.02. The summed E-state index contributed by atoms with van der Waals surface area (Å²) in [6.07, 6.45) is 2.37. The Labute approximate surface area is 99.7 Å². The number of nitrogens with one attached hydrogen (secondary N) is 1. The smallest absolute Gasteiger partial charge is 0.146 e. The molecule has 0 bridgehead atoms. The molecule has 0 radical (unpaired) electrons. The number of anilines is 1. The third kappa shape index (κ3) is 2.86. The van der Waals surface area contributed by atoms with Crippen LogP contribution in [-0.4, -0.2) is 19.8 Å². The number of hydrogen-bond donors (Lipinski definition) is 1. The fourth-order valence-electron chi connectivity index (χ4n) is 1.78. The minimum atomic E-state index is -0.272. The highest BCUT2D eigenvalue weighted by Gasteiger charge is 2.31. The van der Waals surface area contributed by atoms with Gasteiger partial charge in [-0.25, -0.2) is 4.39 Å². The highest BCUT2D eigenvalue weighted by molar-refractivity contribution is 6.30. The summed E-state index contributed by atoms with van der Waals surface area (Å²) in [5, 5.41) is 3.70. The lowest BCUT2D eigenvalue weighted by Crippen LogP contribution is -2.27. The Morgan fingerprint density at radius 3 is 2.94 bits per heavy atom. The summed E-state index contributed by atoms with van der Waals surface area (Å²) in [5.41, 5.74) is 0.460. The lowest BCUT2D eigenvalue weighted by molar-refractivity contribution is 0.179. The van der Waals surface area contributed by atoms with Gasteiger partial charge in [-0.3, -0.25) is 0 Å². The van der Waals surface area contributed by atoms with Gasteiger partial charge in [0.1, 0.15) is 5.82 Å². The molecule has 0 saturated heterocycles. The molecule has 1 aromatic carbocycles. The van der Waals surface area contributed by atoms with E-state index in [0.717, 1.165) is 0 Å². The first kappa shape index (κ1) is 11.7. The quantitative estimate of drug-likeness (QED) is 0.857. The average Bonchev–Trinajstić information content (AvgIpc) is 3.06. The van der Waals surface area contributed by atoms with Crippen LogP contribution < -0.4 is 5.32 Å². The van der Waals surface area contributed by atoms with Crippen LogP contribution in [0.4, 0.5) is 10.1 Å². The van der Waals surface area contributed by atoms with Crippen molar-refractivity contribution in [1.82, 2.24) is 0 Å². The van der Waals surface area contributed by atoms with Crippen molar-refractivity contribution in [2.75, 3.05) is 19.0 Å². The maximum absolute atomic E-state index is 13.5. The molecule has 4 heteroatoms. The Kier molecular flexibility index (Phi) is 3.66.